The van der Waals surface area contributed by atoms with Crippen molar-refractivity contribution in [2.45, 2.75) is 49.9 Å². The van der Waals surface area contributed by atoms with Crippen LogP contribution in [0.2, 0.25) is 0 Å². The van der Waals surface area contributed by atoms with Gasteiger partial charge in [0.05, 0.1) is 36.2 Å². The number of hydrogen-bond acceptors (Lipinski definition) is 8. The number of likely N-dealkylation sites (tertiary alicyclic amines) is 1. The molecule has 240 valence electrons. The molecule has 1 unspecified atom stereocenters. The van der Waals surface area contributed by atoms with Crippen molar-refractivity contribution >= 4 is 28.7 Å². The Morgan fingerprint density at radius 2 is 2.00 bits per heavy atom. The number of rotatable bonds is 8. The number of carbonyl (C=O) groups is 1. The third-order valence-electron chi connectivity index (χ3n) is 9.78. The van der Waals surface area contributed by atoms with E-state index in [1.165, 1.54) is 16.3 Å². The van der Waals surface area contributed by atoms with Gasteiger partial charge in [-0.3, -0.25) is 14.7 Å². The van der Waals surface area contributed by atoms with E-state index in [-0.39, 0.29) is 12.2 Å². The number of nitrogens with zero attached hydrogens (tertiary/aromatic N) is 6. The van der Waals surface area contributed by atoms with Crippen LogP contribution in [0.5, 0.6) is 0 Å². The Morgan fingerprint density at radius 3 is 2.74 bits per heavy atom. The average Bonchev–Trinajstić information content (AvgIpc) is 3.38. The highest BCUT2D eigenvalue weighted by Crippen LogP contribution is 2.40. The third kappa shape index (κ3) is 5.15. The molecule has 1 aromatic carbocycles. The van der Waals surface area contributed by atoms with Gasteiger partial charge in [-0.05, 0) is 55.0 Å². The van der Waals surface area contributed by atoms with Gasteiger partial charge in [-0.1, -0.05) is 18.2 Å². The lowest BCUT2D eigenvalue weighted by atomic mass is 9.88. The number of anilines is 3. The maximum absolute atomic E-state index is 14.3. The number of carbonyl (C=O) groups excluding carboxylic acids is 1. The van der Waals surface area contributed by atoms with Crippen LogP contribution in [-0.2, 0) is 12.8 Å². The summed E-state index contributed by atoms with van der Waals surface area (Å²) in [6.07, 6.45) is 4.81. The van der Waals surface area contributed by atoms with Gasteiger partial charge < -0.3 is 20.9 Å². The summed E-state index contributed by atoms with van der Waals surface area (Å²) in [7, 11) is 1.80. The first-order chi connectivity index (χ1) is 22.3. The van der Waals surface area contributed by atoms with Crippen molar-refractivity contribution in [2.24, 2.45) is 5.92 Å². The molecule has 1 saturated carbocycles. The highest BCUT2D eigenvalue weighted by atomic mass is 19.3. The summed E-state index contributed by atoms with van der Waals surface area (Å²) in [5.74, 6) is -2.06. The molecule has 46 heavy (non-hydrogen) atoms. The van der Waals surface area contributed by atoms with Crippen molar-refractivity contribution in [1.82, 2.24) is 35.1 Å². The van der Waals surface area contributed by atoms with Crippen molar-refractivity contribution in [3.8, 4) is 11.3 Å². The van der Waals surface area contributed by atoms with Crippen LogP contribution in [0.3, 0.4) is 0 Å². The van der Waals surface area contributed by atoms with Gasteiger partial charge in [0.2, 0.25) is 0 Å². The molecule has 1 amide bonds. The molecule has 6 heterocycles. The zero-order chi connectivity index (χ0) is 31.6. The SMILES string of the molecule is CNc1cc(N2CCc3c(-c4ccc(CC5CN(C6CCNCC6(F)F)C5)cn4)cccc32)nn2c(C(=O)N[C@@H]3C[C@@H]3F)cnc12. The van der Waals surface area contributed by atoms with Gasteiger partial charge in [-0.25, -0.2) is 22.7 Å². The number of aromatic nitrogens is 4. The van der Waals surface area contributed by atoms with Crippen LogP contribution in [0.15, 0.2) is 48.8 Å². The molecule has 3 fully saturated rings. The van der Waals surface area contributed by atoms with Gasteiger partial charge in [0.15, 0.2) is 17.2 Å². The van der Waals surface area contributed by atoms with Gasteiger partial charge in [0.1, 0.15) is 6.17 Å². The van der Waals surface area contributed by atoms with E-state index in [0.717, 1.165) is 41.0 Å². The van der Waals surface area contributed by atoms with Gasteiger partial charge >= 0.3 is 0 Å². The Hall–Kier alpha value is -4.23. The smallest absolute Gasteiger partial charge is 0.275 e. The molecule has 3 aromatic heterocycles. The number of hydrogen-bond donors (Lipinski definition) is 3. The standard InChI is InChI=1S/C33H36F3N9O/c1-37-26-13-30(42-45-28(15-40-31(26)45)32(46)41-25-12-23(25)34)44-10-8-22-21(3-2-4-27(22)44)24-6-5-19(14-39-24)11-20-16-43(17-20)29-7-9-38-18-33(29,35)36/h2-6,13-15,20,23,25,29,37-38H,7-12,16-18H2,1H3,(H,41,46)/t23-,25+,29?/m0/s1. The van der Waals surface area contributed by atoms with Crippen molar-refractivity contribution in [1.29, 1.82) is 0 Å². The molecule has 4 aromatic rings. The molecule has 10 nitrogen and oxygen atoms in total. The molecular weight excluding hydrogens is 595 g/mol. The molecule has 0 spiro atoms. The molecule has 2 saturated heterocycles. The Bertz CT molecular complexity index is 1790. The van der Waals surface area contributed by atoms with Crippen LogP contribution in [-0.4, -0.2) is 94.3 Å². The summed E-state index contributed by atoms with van der Waals surface area (Å²) in [5.41, 5.74) is 6.72. The molecule has 0 bridgehead atoms. The monoisotopic (exact) mass is 631 g/mol. The van der Waals surface area contributed by atoms with Crippen molar-refractivity contribution in [3.63, 3.8) is 0 Å². The van der Waals surface area contributed by atoms with Crippen LogP contribution >= 0.6 is 0 Å². The Balaban J connectivity index is 0.994. The highest BCUT2D eigenvalue weighted by molar-refractivity contribution is 5.94. The molecule has 4 aliphatic rings. The maximum Gasteiger partial charge on any atom is 0.275 e. The number of fused-ring (bicyclic) bond motifs is 2. The highest BCUT2D eigenvalue weighted by Gasteiger charge is 2.48. The van der Waals surface area contributed by atoms with Crippen LogP contribution in [0.1, 0.15) is 34.5 Å². The lowest BCUT2D eigenvalue weighted by Crippen LogP contribution is -2.63. The van der Waals surface area contributed by atoms with Crippen LogP contribution in [0.4, 0.5) is 30.4 Å². The zero-order valence-corrected chi connectivity index (χ0v) is 25.5. The number of alkyl halides is 3. The predicted molar refractivity (Wildman–Crippen MR) is 169 cm³/mol. The minimum atomic E-state index is -2.67. The molecule has 3 atom stereocenters. The number of imidazole rings is 1. The number of benzene rings is 1. The summed E-state index contributed by atoms with van der Waals surface area (Å²) in [5, 5.41) is 13.5. The van der Waals surface area contributed by atoms with Gasteiger partial charge in [0, 0.05) is 56.6 Å². The van der Waals surface area contributed by atoms with Crippen LogP contribution < -0.4 is 20.9 Å². The number of halogens is 3. The number of nitrogens with one attached hydrogen (secondary N) is 3. The van der Waals surface area contributed by atoms with E-state index in [4.69, 9.17) is 10.1 Å². The lowest BCUT2D eigenvalue weighted by molar-refractivity contribution is -0.123. The van der Waals surface area contributed by atoms with Gasteiger partial charge in [-0.2, -0.15) is 0 Å². The largest absolute Gasteiger partial charge is 0.385 e. The van der Waals surface area contributed by atoms with E-state index < -0.39 is 30.1 Å². The van der Waals surface area contributed by atoms with Crippen molar-refractivity contribution < 1.29 is 18.0 Å². The molecular formula is C33H36F3N9O. The Labute approximate surface area is 264 Å². The molecule has 3 N–H and O–H groups in total. The first kappa shape index (κ1) is 29.2. The minimum absolute atomic E-state index is 0.235. The van der Waals surface area contributed by atoms with Gasteiger partial charge in [-0.15, -0.1) is 5.10 Å². The van der Waals surface area contributed by atoms with E-state index in [1.54, 1.807) is 7.05 Å². The average molecular weight is 632 g/mol. The number of amides is 1. The number of pyridine rings is 1. The molecule has 0 radical (unpaired) electrons. The summed E-state index contributed by atoms with van der Waals surface area (Å²) in [4.78, 5) is 26.2. The minimum Gasteiger partial charge on any atom is -0.385 e. The fraction of sp³-hybridized carbons (Fsp3) is 0.455. The van der Waals surface area contributed by atoms with E-state index >= 15 is 0 Å². The predicted octanol–water partition coefficient (Wildman–Crippen LogP) is 3.84. The second kappa shape index (κ2) is 11.2. The van der Waals surface area contributed by atoms with E-state index in [9.17, 15) is 18.0 Å². The molecule has 1 aliphatic carbocycles. The normalized spacial score (nSPS) is 24.1. The van der Waals surface area contributed by atoms with Crippen LogP contribution in [0.25, 0.3) is 16.9 Å². The van der Waals surface area contributed by atoms with E-state index in [1.807, 2.05) is 29.3 Å². The molecule has 13 heteroatoms. The topological polar surface area (TPSA) is 103 Å². The number of piperidine rings is 1. The summed E-state index contributed by atoms with van der Waals surface area (Å²) < 4.78 is 43.7. The summed E-state index contributed by atoms with van der Waals surface area (Å²) in [6, 6.07) is 11.1. The second-order valence-electron chi connectivity index (χ2n) is 12.9. The van der Waals surface area contributed by atoms with Crippen LogP contribution in [0, 0.1) is 5.92 Å². The quantitative estimate of drug-likeness (QED) is 0.270. The van der Waals surface area contributed by atoms with Gasteiger partial charge in [0.25, 0.3) is 11.8 Å². The van der Waals surface area contributed by atoms with E-state index in [2.05, 4.69) is 44.0 Å². The lowest BCUT2D eigenvalue weighted by Gasteiger charge is -2.48. The Morgan fingerprint density at radius 1 is 1.15 bits per heavy atom. The second-order valence-corrected chi connectivity index (χ2v) is 12.9. The third-order valence-corrected chi connectivity index (χ3v) is 9.78. The molecule has 3 aliphatic heterocycles. The fourth-order valence-electron chi connectivity index (χ4n) is 7.20. The summed E-state index contributed by atoms with van der Waals surface area (Å²) in [6.45, 7) is 2.50. The van der Waals surface area contributed by atoms with Crippen molar-refractivity contribution in [3.05, 3.63) is 65.6 Å². The summed E-state index contributed by atoms with van der Waals surface area (Å²) >= 11 is 0. The molecule has 8 rings (SSSR count). The van der Waals surface area contributed by atoms with E-state index in [0.29, 0.717) is 56.4 Å². The van der Waals surface area contributed by atoms with Crippen molar-refractivity contribution in [2.75, 3.05) is 50.0 Å². The Kier molecular flexibility index (Phi) is 7.13. The first-order valence-corrected chi connectivity index (χ1v) is 16.0. The zero-order valence-electron chi connectivity index (χ0n) is 25.5. The fourth-order valence-corrected chi connectivity index (χ4v) is 7.20. The first-order valence-electron chi connectivity index (χ1n) is 16.0. The maximum atomic E-state index is 14.3.